The number of amides is 1. The van der Waals surface area contributed by atoms with Crippen molar-refractivity contribution < 1.29 is 14.3 Å². The van der Waals surface area contributed by atoms with Crippen LogP contribution in [0.25, 0.3) is 0 Å². The maximum Gasteiger partial charge on any atom is 0.231 e. The van der Waals surface area contributed by atoms with E-state index in [1.54, 1.807) is 0 Å². The number of hydrogen-bond donors (Lipinski definition) is 1. The van der Waals surface area contributed by atoms with Crippen LogP contribution in [0.1, 0.15) is 29.5 Å². The zero-order valence-corrected chi connectivity index (χ0v) is 17.0. The highest BCUT2D eigenvalue weighted by molar-refractivity contribution is 5.88. The Balaban J connectivity index is 1.53. The SMILES string of the molecule is Cc1ccc(C2(C(=O)NCc3cccnc3N3CCOCC3)CCOCC2)cc1. The van der Waals surface area contributed by atoms with Gasteiger partial charge in [-0.2, -0.15) is 0 Å². The average Bonchev–Trinajstić information content (AvgIpc) is 2.79. The molecule has 0 radical (unpaired) electrons. The van der Waals surface area contributed by atoms with Crippen LogP contribution in [-0.4, -0.2) is 50.4 Å². The maximum absolute atomic E-state index is 13.4. The van der Waals surface area contributed by atoms with Gasteiger partial charge in [-0.25, -0.2) is 4.98 Å². The zero-order valence-electron chi connectivity index (χ0n) is 17.0. The normalized spacial score (nSPS) is 19.0. The minimum Gasteiger partial charge on any atom is -0.381 e. The molecule has 0 unspecified atom stereocenters. The number of benzene rings is 1. The van der Waals surface area contributed by atoms with E-state index in [1.165, 1.54) is 5.56 Å². The summed E-state index contributed by atoms with van der Waals surface area (Å²) in [7, 11) is 0. The van der Waals surface area contributed by atoms with Gasteiger partial charge in [-0.05, 0) is 31.4 Å². The second-order valence-corrected chi connectivity index (χ2v) is 7.83. The predicted molar refractivity (Wildman–Crippen MR) is 112 cm³/mol. The van der Waals surface area contributed by atoms with Gasteiger partial charge in [0.05, 0.1) is 18.6 Å². The molecule has 6 heteroatoms. The van der Waals surface area contributed by atoms with Crippen molar-refractivity contribution in [3.8, 4) is 0 Å². The van der Waals surface area contributed by atoms with Gasteiger partial charge in [0.2, 0.25) is 5.91 Å². The van der Waals surface area contributed by atoms with Gasteiger partial charge in [0.15, 0.2) is 0 Å². The summed E-state index contributed by atoms with van der Waals surface area (Å²) < 4.78 is 11.0. The van der Waals surface area contributed by atoms with Crippen molar-refractivity contribution in [2.24, 2.45) is 0 Å². The van der Waals surface area contributed by atoms with E-state index in [0.29, 0.717) is 45.8 Å². The number of nitrogens with zero attached hydrogens (tertiary/aromatic N) is 2. The van der Waals surface area contributed by atoms with E-state index in [1.807, 2.05) is 18.3 Å². The molecule has 0 bridgehead atoms. The van der Waals surface area contributed by atoms with Crippen LogP contribution in [0, 0.1) is 6.92 Å². The molecular weight excluding hydrogens is 366 g/mol. The van der Waals surface area contributed by atoms with Gasteiger partial charge < -0.3 is 19.7 Å². The maximum atomic E-state index is 13.4. The fraction of sp³-hybridized carbons (Fsp3) is 0.478. The summed E-state index contributed by atoms with van der Waals surface area (Å²) in [5.41, 5.74) is 2.77. The summed E-state index contributed by atoms with van der Waals surface area (Å²) >= 11 is 0. The lowest BCUT2D eigenvalue weighted by Gasteiger charge is -2.36. The van der Waals surface area contributed by atoms with Gasteiger partial charge in [0, 0.05) is 44.6 Å². The molecule has 0 saturated carbocycles. The second kappa shape index (κ2) is 8.93. The van der Waals surface area contributed by atoms with Crippen molar-refractivity contribution in [3.05, 3.63) is 59.3 Å². The largest absolute Gasteiger partial charge is 0.381 e. The first-order chi connectivity index (χ1) is 14.2. The Hall–Kier alpha value is -2.44. The van der Waals surface area contributed by atoms with Crippen molar-refractivity contribution in [1.82, 2.24) is 10.3 Å². The number of ether oxygens (including phenoxy) is 2. The molecule has 2 aliphatic heterocycles. The Morgan fingerprint density at radius 3 is 2.48 bits per heavy atom. The number of morpholine rings is 1. The Kier molecular flexibility index (Phi) is 6.11. The van der Waals surface area contributed by atoms with Crippen molar-refractivity contribution >= 4 is 11.7 Å². The van der Waals surface area contributed by atoms with Crippen molar-refractivity contribution in [1.29, 1.82) is 0 Å². The van der Waals surface area contributed by atoms with E-state index in [0.717, 1.165) is 30.0 Å². The quantitative estimate of drug-likeness (QED) is 0.843. The summed E-state index contributed by atoms with van der Waals surface area (Å²) in [6, 6.07) is 12.3. The van der Waals surface area contributed by atoms with Gasteiger partial charge in [-0.1, -0.05) is 35.9 Å². The molecule has 1 amide bonds. The number of hydrogen-bond acceptors (Lipinski definition) is 5. The van der Waals surface area contributed by atoms with E-state index < -0.39 is 5.41 Å². The molecule has 2 saturated heterocycles. The first kappa shape index (κ1) is 19.9. The third kappa shape index (κ3) is 4.28. The molecule has 2 aromatic rings. The van der Waals surface area contributed by atoms with Crippen LogP contribution in [0.4, 0.5) is 5.82 Å². The topological polar surface area (TPSA) is 63.7 Å². The summed E-state index contributed by atoms with van der Waals surface area (Å²) in [6.45, 7) is 6.80. The number of anilines is 1. The van der Waals surface area contributed by atoms with E-state index in [-0.39, 0.29) is 5.91 Å². The van der Waals surface area contributed by atoms with E-state index in [2.05, 4.69) is 46.4 Å². The van der Waals surface area contributed by atoms with Gasteiger partial charge in [-0.15, -0.1) is 0 Å². The first-order valence-corrected chi connectivity index (χ1v) is 10.4. The summed E-state index contributed by atoms with van der Waals surface area (Å²) in [4.78, 5) is 20.3. The Bertz CT molecular complexity index is 826. The van der Waals surface area contributed by atoms with Crippen molar-refractivity contribution in [3.63, 3.8) is 0 Å². The molecule has 0 atom stereocenters. The van der Waals surface area contributed by atoms with Crippen molar-refractivity contribution in [2.45, 2.75) is 31.7 Å². The van der Waals surface area contributed by atoms with E-state index in [4.69, 9.17) is 9.47 Å². The second-order valence-electron chi connectivity index (χ2n) is 7.83. The van der Waals surface area contributed by atoms with Crippen LogP contribution in [-0.2, 0) is 26.2 Å². The molecular formula is C23H29N3O3. The van der Waals surface area contributed by atoms with Crippen molar-refractivity contribution in [2.75, 3.05) is 44.4 Å². The molecule has 6 nitrogen and oxygen atoms in total. The Labute approximate surface area is 172 Å². The van der Waals surface area contributed by atoms with Crippen LogP contribution in [0.3, 0.4) is 0 Å². The smallest absolute Gasteiger partial charge is 0.231 e. The number of carbonyl (C=O) groups excluding carboxylic acids is 1. The lowest BCUT2D eigenvalue weighted by Crippen LogP contribution is -2.48. The summed E-state index contributed by atoms with van der Waals surface area (Å²) in [6.07, 6.45) is 3.21. The Morgan fingerprint density at radius 2 is 1.76 bits per heavy atom. The fourth-order valence-corrected chi connectivity index (χ4v) is 4.21. The molecule has 3 heterocycles. The van der Waals surface area contributed by atoms with Gasteiger partial charge in [0.1, 0.15) is 5.82 Å². The minimum atomic E-state index is -0.534. The number of aryl methyl sites for hydroxylation is 1. The Morgan fingerprint density at radius 1 is 1.07 bits per heavy atom. The fourth-order valence-electron chi connectivity index (χ4n) is 4.21. The van der Waals surface area contributed by atoms with Crippen LogP contribution in [0.2, 0.25) is 0 Å². The zero-order chi connectivity index (χ0) is 20.1. The lowest BCUT2D eigenvalue weighted by molar-refractivity contribution is -0.130. The van der Waals surface area contributed by atoms with E-state index >= 15 is 0 Å². The first-order valence-electron chi connectivity index (χ1n) is 10.4. The van der Waals surface area contributed by atoms with Gasteiger partial charge >= 0.3 is 0 Å². The van der Waals surface area contributed by atoms with Crippen LogP contribution < -0.4 is 10.2 Å². The number of nitrogens with one attached hydrogen (secondary N) is 1. The van der Waals surface area contributed by atoms with Crippen LogP contribution >= 0.6 is 0 Å². The highest BCUT2D eigenvalue weighted by Gasteiger charge is 2.41. The molecule has 154 valence electrons. The molecule has 1 aromatic carbocycles. The number of rotatable bonds is 5. The number of aromatic nitrogens is 1. The number of pyridine rings is 1. The molecule has 29 heavy (non-hydrogen) atoms. The van der Waals surface area contributed by atoms with Crippen LogP contribution in [0.15, 0.2) is 42.6 Å². The molecule has 1 aromatic heterocycles. The van der Waals surface area contributed by atoms with Crippen LogP contribution in [0.5, 0.6) is 0 Å². The highest BCUT2D eigenvalue weighted by Crippen LogP contribution is 2.35. The summed E-state index contributed by atoms with van der Waals surface area (Å²) in [5.74, 6) is 1.01. The molecule has 0 aliphatic carbocycles. The van der Waals surface area contributed by atoms with Gasteiger partial charge in [-0.3, -0.25) is 4.79 Å². The van der Waals surface area contributed by atoms with Gasteiger partial charge in [0.25, 0.3) is 0 Å². The molecule has 4 rings (SSSR count). The lowest BCUT2D eigenvalue weighted by atomic mass is 9.73. The molecule has 2 fully saturated rings. The van der Waals surface area contributed by atoms with E-state index in [9.17, 15) is 4.79 Å². The minimum absolute atomic E-state index is 0.0708. The molecule has 0 spiro atoms. The average molecular weight is 396 g/mol. The monoisotopic (exact) mass is 395 g/mol. The third-order valence-corrected chi connectivity index (χ3v) is 6.00. The summed E-state index contributed by atoms with van der Waals surface area (Å²) in [5, 5.41) is 3.21. The third-order valence-electron chi connectivity index (χ3n) is 6.00. The molecule has 2 aliphatic rings. The standard InChI is InChI=1S/C23H29N3O3/c1-18-4-6-20(7-5-18)23(8-13-28-14-9-23)22(27)25-17-19-3-2-10-24-21(19)26-11-15-29-16-12-26/h2-7,10H,8-9,11-17H2,1H3,(H,25,27). The number of carbonyl (C=O) groups is 1. The molecule has 1 N–H and O–H groups in total. The highest BCUT2D eigenvalue weighted by atomic mass is 16.5. The predicted octanol–water partition coefficient (Wildman–Crippen LogP) is 2.59.